The summed E-state index contributed by atoms with van der Waals surface area (Å²) in [6, 6.07) is 14.3. The van der Waals surface area contributed by atoms with Gasteiger partial charge in [-0.15, -0.1) is 5.10 Å². The molecule has 5 rings (SSSR count). The van der Waals surface area contributed by atoms with Gasteiger partial charge in [-0.05, 0) is 48.8 Å². The molecule has 1 saturated heterocycles. The highest BCUT2D eigenvalue weighted by molar-refractivity contribution is 6.33. The van der Waals surface area contributed by atoms with Gasteiger partial charge >= 0.3 is 0 Å². The van der Waals surface area contributed by atoms with Crippen LogP contribution in [0.5, 0.6) is 0 Å². The van der Waals surface area contributed by atoms with Gasteiger partial charge < -0.3 is 15.5 Å². The van der Waals surface area contributed by atoms with Gasteiger partial charge in [0.15, 0.2) is 0 Å². The Morgan fingerprint density at radius 1 is 1.13 bits per heavy atom. The minimum absolute atomic E-state index is 0.205. The van der Waals surface area contributed by atoms with Crippen molar-refractivity contribution in [1.29, 1.82) is 0 Å². The molecule has 0 radical (unpaired) electrons. The topological polar surface area (TPSA) is 104 Å². The third-order valence-electron chi connectivity index (χ3n) is 7.89. The van der Waals surface area contributed by atoms with E-state index in [1.807, 2.05) is 82.4 Å². The average Bonchev–Trinajstić information content (AvgIpc) is 3.50. The molecule has 1 aromatic heterocycles. The highest BCUT2D eigenvalue weighted by Crippen LogP contribution is 2.41. The van der Waals surface area contributed by atoms with Crippen LogP contribution >= 0.6 is 11.6 Å². The molecule has 2 aromatic carbocycles. The lowest BCUT2D eigenvalue weighted by Crippen LogP contribution is -2.53. The van der Waals surface area contributed by atoms with E-state index in [1.165, 1.54) is 0 Å². The largest absolute Gasteiger partial charge is 0.392 e. The van der Waals surface area contributed by atoms with Crippen LogP contribution in [0.2, 0.25) is 5.02 Å². The monoisotopic (exact) mass is 551 g/mol. The molecular formula is C30H38ClN5O3. The van der Waals surface area contributed by atoms with Gasteiger partial charge in [-0.1, -0.05) is 80.1 Å². The van der Waals surface area contributed by atoms with E-state index in [4.69, 9.17) is 11.6 Å². The van der Waals surface area contributed by atoms with Gasteiger partial charge in [0, 0.05) is 29.2 Å². The zero-order valence-corrected chi connectivity index (χ0v) is 23.7. The van der Waals surface area contributed by atoms with Crippen LogP contribution in [0.3, 0.4) is 0 Å². The van der Waals surface area contributed by atoms with Crippen LogP contribution in [-0.2, 0) is 4.79 Å². The van der Waals surface area contributed by atoms with Crippen molar-refractivity contribution in [2.45, 2.75) is 83.3 Å². The summed E-state index contributed by atoms with van der Waals surface area (Å²) in [5.74, 6) is 0.224. The Balaban J connectivity index is 1.30. The molecule has 2 heterocycles. The average molecular weight is 552 g/mol. The van der Waals surface area contributed by atoms with Gasteiger partial charge in [0.25, 0.3) is 0 Å². The van der Waals surface area contributed by atoms with Crippen molar-refractivity contribution in [2.24, 2.45) is 5.41 Å². The number of rotatable bonds is 8. The van der Waals surface area contributed by atoms with Gasteiger partial charge in [-0.25, -0.2) is 4.68 Å². The number of carbonyl (C=O) groups excluding carboxylic acids is 1. The zero-order chi connectivity index (χ0) is 27.9. The summed E-state index contributed by atoms with van der Waals surface area (Å²) in [6.45, 7) is 8.25. The molecule has 2 aliphatic rings. The number of aliphatic hydroxyl groups excluding tert-OH is 2. The molecule has 8 nitrogen and oxygen atoms in total. The number of amides is 1. The van der Waals surface area contributed by atoms with E-state index in [0.717, 1.165) is 35.2 Å². The Hall–Kier alpha value is -2.78. The molecule has 0 bridgehead atoms. The number of nitrogens with zero attached hydrogens (tertiary/aromatic N) is 4. The number of hydrogen-bond donors (Lipinski definition) is 3. The number of aromatic nitrogens is 3. The van der Waals surface area contributed by atoms with Crippen LogP contribution in [0.4, 0.5) is 0 Å². The first-order chi connectivity index (χ1) is 18.5. The van der Waals surface area contributed by atoms with E-state index in [1.54, 1.807) is 9.58 Å². The summed E-state index contributed by atoms with van der Waals surface area (Å²) in [6.07, 6.45) is 2.66. The summed E-state index contributed by atoms with van der Waals surface area (Å²) < 4.78 is 1.74. The molecule has 5 unspecified atom stereocenters. The molecule has 1 aliphatic carbocycles. The second-order valence-corrected chi connectivity index (χ2v) is 12.5. The Labute approximate surface area is 235 Å². The maximum atomic E-state index is 13.5. The van der Waals surface area contributed by atoms with Crippen LogP contribution in [-0.4, -0.2) is 60.9 Å². The van der Waals surface area contributed by atoms with E-state index in [2.05, 4.69) is 15.6 Å². The molecule has 9 heteroatoms. The first-order valence-corrected chi connectivity index (χ1v) is 14.1. The summed E-state index contributed by atoms with van der Waals surface area (Å²) in [5.41, 5.74) is 3.48. The van der Waals surface area contributed by atoms with Crippen molar-refractivity contribution >= 4 is 17.5 Å². The number of β-amino-alcohol motifs (C(OH)–C–C–N with tert-alkyl or cyclic N) is 1. The SMILES string of the molecule is CC(NC(=O)C1CC(O)CN1C(O)C(n1cc(C2CC2)nn1)C(C)(C)C)c1ccc(-c2ccccc2Cl)cc1. The van der Waals surface area contributed by atoms with Crippen molar-refractivity contribution in [3.63, 3.8) is 0 Å². The Morgan fingerprint density at radius 2 is 1.82 bits per heavy atom. The molecule has 208 valence electrons. The minimum Gasteiger partial charge on any atom is -0.392 e. The number of hydrogen-bond acceptors (Lipinski definition) is 6. The quantitative estimate of drug-likeness (QED) is 0.375. The molecule has 1 amide bonds. The number of nitrogens with one attached hydrogen (secondary N) is 1. The molecule has 1 aliphatic heterocycles. The second kappa shape index (κ2) is 11.0. The van der Waals surface area contributed by atoms with Crippen LogP contribution in [0.1, 0.15) is 76.2 Å². The lowest BCUT2D eigenvalue weighted by molar-refractivity contribution is -0.134. The van der Waals surface area contributed by atoms with E-state index in [-0.39, 0.29) is 30.3 Å². The fraction of sp³-hybridized carbons (Fsp3) is 0.500. The van der Waals surface area contributed by atoms with Gasteiger partial charge in [0.1, 0.15) is 6.23 Å². The zero-order valence-electron chi connectivity index (χ0n) is 23.0. The van der Waals surface area contributed by atoms with E-state index in [0.29, 0.717) is 10.9 Å². The predicted octanol–water partition coefficient (Wildman–Crippen LogP) is 4.69. The first kappa shape index (κ1) is 27.8. The number of halogens is 1. The van der Waals surface area contributed by atoms with Crippen molar-refractivity contribution < 1.29 is 15.0 Å². The van der Waals surface area contributed by atoms with E-state index >= 15 is 0 Å². The summed E-state index contributed by atoms with van der Waals surface area (Å²) in [5, 5.41) is 34.7. The number of aliphatic hydroxyl groups is 2. The van der Waals surface area contributed by atoms with Gasteiger partial charge in [-0.2, -0.15) is 0 Å². The van der Waals surface area contributed by atoms with Crippen molar-refractivity contribution in [2.75, 3.05) is 6.54 Å². The van der Waals surface area contributed by atoms with Crippen molar-refractivity contribution in [1.82, 2.24) is 25.2 Å². The summed E-state index contributed by atoms with van der Waals surface area (Å²) >= 11 is 6.35. The highest BCUT2D eigenvalue weighted by Gasteiger charge is 2.46. The van der Waals surface area contributed by atoms with Gasteiger partial charge in [0.05, 0.1) is 29.9 Å². The summed E-state index contributed by atoms with van der Waals surface area (Å²) in [4.78, 5) is 15.2. The Kier molecular flexibility index (Phi) is 7.84. The van der Waals surface area contributed by atoms with Crippen LogP contribution < -0.4 is 5.32 Å². The maximum absolute atomic E-state index is 13.5. The smallest absolute Gasteiger partial charge is 0.238 e. The Morgan fingerprint density at radius 3 is 2.46 bits per heavy atom. The predicted molar refractivity (Wildman–Crippen MR) is 151 cm³/mol. The van der Waals surface area contributed by atoms with Crippen LogP contribution in [0, 0.1) is 5.41 Å². The van der Waals surface area contributed by atoms with Crippen LogP contribution in [0.25, 0.3) is 11.1 Å². The fourth-order valence-electron chi connectivity index (χ4n) is 5.58. The molecule has 3 N–H and O–H groups in total. The van der Waals surface area contributed by atoms with Crippen LogP contribution in [0.15, 0.2) is 54.7 Å². The normalized spacial score (nSPS) is 22.4. The molecule has 1 saturated carbocycles. The van der Waals surface area contributed by atoms with Gasteiger partial charge in [-0.3, -0.25) is 9.69 Å². The standard InChI is InChI=1S/C30H38ClN5O3/c1-18(19-9-11-20(12-10-19)23-7-5-6-8-24(23)31)32-28(38)26-15-22(37)16-35(26)29(39)27(30(2,3)4)36-17-25(33-34-36)21-13-14-21/h5-12,17-18,21-22,26-27,29,37,39H,13-16H2,1-4H3,(H,32,38). The van der Waals surface area contributed by atoms with Gasteiger partial charge in [0.2, 0.25) is 5.91 Å². The third kappa shape index (κ3) is 6.04. The van der Waals surface area contributed by atoms with Crippen molar-refractivity contribution in [3.8, 4) is 11.1 Å². The molecule has 3 aromatic rings. The van der Waals surface area contributed by atoms with E-state index in [9.17, 15) is 15.0 Å². The fourth-order valence-corrected chi connectivity index (χ4v) is 5.83. The van der Waals surface area contributed by atoms with E-state index < -0.39 is 24.4 Å². The molecule has 2 fully saturated rings. The maximum Gasteiger partial charge on any atom is 0.238 e. The second-order valence-electron chi connectivity index (χ2n) is 12.1. The Bertz CT molecular complexity index is 1300. The lowest BCUT2D eigenvalue weighted by atomic mass is 9.85. The number of carbonyl (C=O) groups is 1. The number of likely N-dealkylation sites (tertiary alicyclic amines) is 1. The minimum atomic E-state index is -1.03. The van der Waals surface area contributed by atoms with Crippen molar-refractivity contribution in [3.05, 3.63) is 71.0 Å². The molecule has 5 atom stereocenters. The highest BCUT2D eigenvalue weighted by atomic mass is 35.5. The lowest BCUT2D eigenvalue weighted by Gasteiger charge is -2.40. The molecular weight excluding hydrogens is 514 g/mol. The third-order valence-corrected chi connectivity index (χ3v) is 8.22. The molecule has 0 spiro atoms. The molecule has 39 heavy (non-hydrogen) atoms. The first-order valence-electron chi connectivity index (χ1n) is 13.7. The summed E-state index contributed by atoms with van der Waals surface area (Å²) in [7, 11) is 0. The number of benzene rings is 2.